The summed E-state index contributed by atoms with van der Waals surface area (Å²) in [5, 5.41) is 2.44. The molecule has 6 heteroatoms. The van der Waals surface area contributed by atoms with Crippen LogP contribution in [0.3, 0.4) is 0 Å². The van der Waals surface area contributed by atoms with Crippen LogP contribution in [0.2, 0.25) is 11.1 Å². The van der Waals surface area contributed by atoms with Gasteiger partial charge in [-0.15, -0.1) is 0 Å². The zero-order valence-electron chi connectivity index (χ0n) is 22.4. The van der Waals surface area contributed by atoms with Crippen molar-refractivity contribution in [3.8, 4) is 0 Å². The fourth-order valence-corrected chi connectivity index (χ4v) is 12.7. The topological polar surface area (TPSA) is 61.8 Å². The van der Waals surface area contributed by atoms with E-state index in [0.29, 0.717) is 12.5 Å². The Morgan fingerprint density at radius 2 is 1.29 bits per heavy atom. The fourth-order valence-electron chi connectivity index (χ4n) is 6.79. The SMILES string of the molecule is COC(=O)C1(C(=O)OC)[C@@H](C[Si](c2ccccc2)(c2ccccc2)C(C)(C)C)C[C@@H](OC)C1(C)C. The van der Waals surface area contributed by atoms with Crippen LogP contribution in [0.25, 0.3) is 0 Å². The first-order valence-corrected chi connectivity index (χ1v) is 14.5. The van der Waals surface area contributed by atoms with Gasteiger partial charge in [0.15, 0.2) is 5.41 Å². The summed E-state index contributed by atoms with van der Waals surface area (Å²) in [6, 6.07) is 21.9. The zero-order chi connectivity index (χ0) is 26.1. The van der Waals surface area contributed by atoms with Gasteiger partial charge in [0.25, 0.3) is 0 Å². The predicted octanol–water partition coefficient (Wildman–Crippen LogP) is 4.44. The smallest absolute Gasteiger partial charge is 0.324 e. The summed E-state index contributed by atoms with van der Waals surface area (Å²) in [6.07, 6.45) is 0.266. The van der Waals surface area contributed by atoms with Crippen LogP contribution in [0.4, 0.5) is 0 Å². The molecule has 0 heterocycles. The fraction of sp³-hybridized carbons (Fsp3) is 0.517. The van der Waals surface area contributed by atoms with Crippen LogP contribution in [-0.4, -0.2) is 47.4 Å². The number of carbonyl (C=O) groups is 2. The molecule has 0 bridgehead atoms. The van der Waals surface area contributed by atoms with Crippen LogP contribution in [0, 0.1) is 16.7 Å². The summed E-state index contributed by atoms with van der Waals surface area (Å²) in [4.78, 5) is 27.3. The van der Waals surface area contributed by atoms with Crippen LogP contribution in [-0.2, 0) is 23.8 Å². The Balaban J connectivity index is 2.36. The Morgan fingerprint density at radius 1 is 0.857 bits per heavy atom. The highest BCUT2D eigenvalue weighted by Crippen LogP contribution is 2.61. The van der Waals surface area contributed by atoms with Gasteiger partial charge in [-0.1, -0.05) is 106 Å². The van der Waals surface area contributed by atoms with Crippen LogP contribution in [0.15, 0.2) is 60.7 Å². The maximum absolute atomic E-state index is 13.7. The Kier molecular flexibility index (Phi) is 7.68. The molecule has 35 heavy (non-hydrogen) atoms. The third-order valence-electron chi connectivity index (χ3n) is 8.60. The molecule has 0 amide bonds. The van der Waals surface area contributed by atoms with Gasteiger partial charge in [-0.05, 0) is 23.4 Å². The van der Waals surface area contributed by atoms with Gasteiger partial charge in [0.05, 0.1) is 20.3 Å². The summed E-state index contributed by atoms with van der Waals surface area (Å²) in [6.45, 7) is 10.7. The number of hydrogen-bond acceptors (Lipinski definition) is 5. The maximum Gasteiger partial charge on any atom is 0.324 e. The van der Waals surface area contributed by atoms with E-state index in [9.17, 15) is 9.59 Å². The minimum Gasteiger partial charge on any atom is -0.468 e. The third kappa shape index (κ3) is 4.04. The second-order valence-corrected chi connectivity index (χ2v) is 16.1. The van der Waals surface area contributed by atoms with Crippen molar-refractivity contribution in [3.05, 3.63) is 60.7 Å². The molecule has 0 unspecified atom stereocenters. The monoisotopic (exact) mass is 496 g/mol. The lowest BCUT2D eigenvalue weighted by atomic mass is 9.63. The van der Waals surface area contributed by atoms with Crippen LogP contribution >= 0.6 is 0 Å². The van der Waals surface area contributed by atoms with Crippen LogP contribution in [0.1, 0.15) is 41.0 Å². The Hall–Kier alpha value is -2.44. The maximum atomic E-state index is 13.7. The third-order valence-corrected chi connectivity index (χ3v) is 14.9. The molecule has 5 nitrogen and oxygen atoms in total. The predicted molar refractivity (Wildman–Crippen MR) is 142 cm³/mol. The lowest BCUT2D eigenvalue weighted by Gasteiger charge is -2.48. The highest BCUT2D eigenvalue weighted by molar-refractivity contribution is 7.04. The van der Waals surface area contributed by atoms with Crippen LogP contribution < -0.4 is 10.4 Å². The minimum absolute atomic E-state index is 0.122. The molecule has 0 aromatic heterocycles. The molecular weight excluding hydrogens is 456 g/mol. The number of carbonyl (C=O) groups excluding carboxylic acids is 2. The van der Waals surface area contributed by atoms with E-state index in [4.69, 9.17) is 14.2 Å². The lowest BCUT2D eigenvalue weighted by molar-refractivity contribution is -0.183. The van der Waals surface area contributed by atoms with E-state index in [1.807, 2.05) is 26.0 Å². The number of benzene rings is 2. The van der Waals surface area contributed by atoms with Gasteiger partial charge in [-0.2, -0.15) is 0 Å². The average Bonchev–Trinajstić information content (AvgIpc) is 3.07. The van der Waals surface area contributed by atoms with E-state index in [0.717, 1.165) is 0 Å². The van der Waals surface area contributed by atoms with Gasteiger partial charge in [0, 0.05) is 12.5 Å². The molecule has 0 radical (unpaired) electrons. The van der Waals surface area contributed by atoms with Gasteiger partial charge in [-0.3, -0.25) is 9.59 Å². The molecule has 1 aliphatic carbocycles. The first-order chi connectivity index (χ1) is 16.4. The Bertz CT molecular complexity index is 971. The van der Waals surface area contributed by atoms with Crippen molar-refractivity contribution in [2.45, 2.75) is 58.2 Å². The van der Waals surface area contributed by atoms with Crippen molar-refractivity contribution in [1.82, 2.24) is 0 Å². The van der Waals surface area contributed by atoms with Gasteiger partial charge in [0.1, 0.15) is 8.07 Å². The summed E-state index contributed by atoms with van der Waals surface area (Å²) >= 11 is 0. The number of hydrogen-bond donors (Lipinski definition) is 0. The van der Waals surface area contributed by atoms with Gasteiger partial charge >= 0.3 is 11.9 Å². The van der Waals surface area contributed by atoms with Crippen molar-refractivity contribution >= 4 is 30.4 Å². The van der Waals surface area contributed by atoms with Crippen molar-refractivity contribution in [2.24, 2.45) is 16.7 Å². The van der Waals surface area contributed by atoms with Gasteiger partial charge in [-0.25, -0.2) is 0 Å². The average molecular weight is 497 g/mol. The van der Waals surface area contributed by atoms with E-state index in [2.05, 4.69) is 69.3 Å². The molecule has 2 atom stereocenters. The zero-order valence-corrected chi connectivity index (χ0v) is 23.4. The summed E-state index contributed by atoms with van der Waals surface area (Å²) in [5.41, 5.74) is -2.30. The van der Waals surface area contributed by atoms with E-state index < -0.39 is 30.8 Å². The number of methoxy groups -OCH3 is 3. The lowest BCUT2D eigenvalue weighted by Crippen LogP contribution is -2.66. The van der Waals surface area contributed by atoms with Gasteiger partial charge < -0.3 is 14.2 Å². The molecule has 2 aromatic carbocycles. The van der Waals surface area contributed by atoms with E-state index in [1.165, 1.54) is 24.6 Å². The standard InChI is InChI=1S/C29H40O5Si/c1-27(2,3)35(22-15-11-9-12-16-22,23-17-13-10-14-18-23)20-21-19-24(32-6)28(4,5)29(21,25(30)33-7)26(31)34-8/h9-18,21,24H,19-20H2,1-8H3/t21-,24-/m1/s1. The normalized spacial score (nSPS) is 21.4. The van der Waals surface area contributed by atoms with Crippen LogP contribution in [0.5, 0.6) is 0 Å². The number of rotatable bonds is 7. The van der Waals surface area contributed by atoms with Gasteiger partial charge in [0.2, 0.25) is 0 Å². The number of ether oxygens (including phenoxy) is 3. The Morgan fingerprint density at radius 3 is 1.63 bits per heavy atom. The molecular formula is C29H40O5Si. The van der Waals surface area contributed by atoms with Crippen molar-refractivity contribution in [3.63, 3.8) is 0 Å². The highest BCUT2D eigenvalue weighted by Gasteiger charge is 2.72. The summed E-state index contributed by atoms with van der Waals surface area (Å²) in [7, 11) is 1.75. The summed E-state index contributed by atoms with van der Waals surface area (Å²) < 4.78 is 16.6. The van der Waals surface area contributed by atoms with E-state index >= 15 is 0 Å². The molecule has 1 saturated carbocycles. The summed E-state index contributed by atoms with van der Waals surface area (Å²) in [5.74, 6) is -1.41. The van der Waals surface area contributed by atoms with E-state index in [-0.39, 0.29) is 17.1 Å². The quantitative estimate of drug-likeness (QED) is 0.322. The van der Waals surface area contributed by atoms with Crippen molar-refractivity contribution in [1.29, 1.82) is 0 Å². The Labute approximate surface area is 211 Å². The second-order valence-electron chi connectivity index (χ2n) is 11.3. The highest BCUT2D eigenvalue weighted by atomic mass is 28.3. The largest absolute Gasteiger partial charge is 0.468 e. The molecule has 0 spiro atoms. The first-order valence-electron chi connectivity index (χ1n) is 12.3. The molecule has 0 saturated heterocycles. The second kappa shape index (κ2) is 9.90. The van der Waals surface area contributed by atoms with E-state index in [1.54, 1.807) is 7.11 Å². The molecule has 3 rings (SSSR count). The minimum atomic E-state index is -2.60. The molecule has 190 valence electrons. The van der Waals surface area contributed by atoms with Crippen molar-refractivity contribution < 1.29 is 23.8 Å². The number of esters is 2. The molecule has 1 fully saturated rings. The first kappa shape index (κ1) is 27.1. The molecule has 0 N–H and O–H groups in total. The molecule has 2 aromatic rings. The molecule has 0 aliphatic heterocycles. The van der Waals surface area contributed by atoms with Crippen molar-refractivity contribution in [2.75, 3.05) is 21.3 Å². The molecule has 1 aliphatic rings.